The van der Waals surface area contributed by atoms with Crippen LogP contribution in [0.2, 0.25) is 0 Å². The van der Waals surface area contributed by atoms with Gasteiger partial charge in [-0.05, 0) is 30.3 Å². The van der Waals surface area contributed by atoms with E-state index in [9.17, 15) is 12.8 Å². The molecule has 0 aliphatic rings. The van der Waals surface area contributed by atoms with Gasteiger partial charge in [0.05, 0.1) is 16.9 Å². The lowest BCUT2D eigenvalue weighted by molar-refractivity contribution is 0.597. The van der Waals surface area contributed by atoms with E-state index in [1.165, 1.54) is 12.3 Å². The van der Waals surface area contributed by atoms with Gasteiger partial charge in [0, 0.05) is 13.2 Å². The maximum atomic E-state index is 13.2. The highest BCUT2D eigenvalue weighted by atomic mass is 32.2. The number of rotatable bonds is 4. The molecule has 0 fully saturated rings. The van der Waals surface area contributed by atoms with Gasteiger partial charge in [0.1, 0.15) is 11.9 Å². The zero-order valence-electron chi connectivity index (χ0n) is 11.0. The molecule has 2 aromatic rings. The molecule has 2 N–H and O–H groups in total. The lowest BCUT2D eigenvalue weighted by Crippen LogP contribution is -2.16. The number of nitrogens with one attached hydrogen (secondary N) is 2. The van der Waals surface area contributed by atoms with Gasteiger partial charge >= 0.3 is 0 Å². The molecule has 0 aliphatic carbocycles. The molecule has 1 aromatic carbocycles. The Balaban J connectivity index is 2.40. The topological polar surface area (TPSA) is 94.9 Å². The van der Waals surface area contributed by atoms with Crippen molar-refractivity contribution in [1.29, 1.82) is 5.26 Å². The summed E-state index contributed by atoms with van der Waals surface area (Å²) < 4.78 is 40.0. The summed E-state index contributed by atoms with van der Waals surface area (Å²) in [6, 6.07) is 8.18. The van der Waals surface area contributed by atoms with Crippen LogP contribution in [0.4, 0.5) is 15.8 Å². The molecule has 0 saturated heterocycles. The zero-order valence-corrected chi connectivity index (χ0v) is 11.8. The normalized spacial score (nSPS) is 10.7. The Labute approximate surface area is 121 Å². The molecule has 0 spiro atoms. The van der Waals surface area contributed by atoms with Crippen molar-refractivity contribution in [3.05, 3.63) is 47.9 Å². The summed E-state index contributed by atoms with van der Waals surface area (Å²) in [6.07, 6.45) is 1.35. The fourth-order valence-electron chi connectivity index (χ4n) is 1.67. The van der Waals surface area contributed by atoms with Gasteiger partial charge < -0.3 is 5.32 Å². The molecular weight excluding hydrogens is 295 g/mol. The number of aromatic nitrogens is 1. The molecule has 1 heterocycles. The lowest BCUT2D eigenvalue weighted by atomic mass is 10.2. The second-order valence-corrected chi connectivity index (χ2v) is 5.62. The number of nitrogens with zero attached hydrogens (tertiary/aromatic N) is 2. The molecule has 0 aliphatic heterocycles. The highest BCUT2D eigenvalue weighted by Crippen LogP contribution is 2.22. The molecule has 21 heavy (non-hydrogen) atoms. The minimum Gasteiger partial charge on any atom is -0.386 e. The average Bonchev–Trinajstić information content (AvgIpc) is 2.49. The predicted molar refractivity (Wildman–Crippen MR) is 75.7 cm³/mol. The molecule has 6 nitrogen and oxygen atoms in total. The minimum atomic E-state index is -3.95. The summed E-state index contributed by atoms with van der Waals surface area (Å²) in [5.74, 6) is -0.714. The van der Waals surface area contributed by atoms with Crippen molar-refractivity contribution >= 4 is 21.4 Å². The monoisotopic (exact) mass is 306 g/mol. The molecule has 0 amide bonds. The highest BCUT2D eigenvalue weighted by Gasteiger charge is 2.20. The van der Waals surface area contributed by atoms with Crippen molar-refractivity contribution in [2.75, 3.05) is 17.1 Å². The molecular formula is C13H11FN4O2S. The Bertz CT molecular complexity index is 815. The van der Waals surface area contributed by atoms with Crippen LogP contribution in [0.5, 0.6) is 0 Å². The largest absolute Gasteiger partial charge is 0.386 e. The van der Waals surface area contributed by atoms with Gasteiger partial charge in [0.25, 0.3) is 10.0 Å². The van der Waals surface area contributed by atoms with Gasteiger partial charge in [-0.15, -0.1) is 0 Å². The van der Waals surface area contributed by atoms with E-state index in [-0.39, 0.29) is 16.3 Å². The predicted octanol–water partition coefficient (Wildman–Crippen LogP) is 1.93. The van der Waals surface area contributed by atoms with Crippen LogP contribution in [0.3, 0.4) is 0 Å². The fraction of sp³-hybridized carbons (Fsp3) is 0.0769. The number of pyridine rings is 1. The smallest absolute Gasteiger partial charge is 0.281 e. The summed E-state index contributed by atoms with van der Waals surface area (Å²) in [5.41, 5.74) is 0.165. The van der Waals surface area contributed by atoms with Crippen molar-refractivity contribution in [3.63, 3.8) is 0 Å². The van der Waals surface area contributed by atoms with Crippen LogP contribution < -0.4 is 10.0 Å². The lowest BCUT2D eigenvalue weighted by Gasteiger charge is -2.11. The third kappa shape index (κ3) is 3.09. The first kappa shape index (κ1) is 14.7. The van der Waals surface area contributed by atoms with E-state index in [1.807, 2.05) is 0 Å². The summed E-state index contributed by atoms with van der Waals surface area (Å²) in [5, 5.41) is 11.3. The minimum absolute atomic E-state index is 0.0839. The van der Waals surface area contributed by atoms with Gasteiger partial charge in [-0.25, -0.2) is 9.37 Å². The van der Waals surface area contributed by atoms with Crippen molar-refractivity contribution in [2.24, 2.45) is 0 Å². The summed E-state index contributed by atoms with van der Waals surface area (Å²) in [7, 11) is -2.38. The van der Waals surface area contributed by atoms with E-state index in [2.05, 4.69) is 15.0 Å². The van der Waals surface area contributed by atoms with Crippen LogP contribution in [-0.4, -0.2) is 20.4 Å². The molecule has 0 saturated carbocycles. The zero-order chi connectivity index (χ0) is 15.5. The molecule has 0 bridgehead atoms. The number of nitriles is 1. The van der Waals surface area contributed by atoms with Crippen LogP contribution in [0.1, 0.15) is 5.56 Å². The van der Waals surface area contributed by atoms with Crippen molar-refractivity contribution < 1.29 is 12.8 Å². The van der Waals surface area contributed by atoms with E-state index < -0.39 is 15.8 Å². The standard InChI is InChI=1S/C13H11FN4O2S/c1-16-12-3-2-6-17-13(12)21(19,20)18-10-4-5-11(14)9(7-10)8-15/h2-7,16,18H,1H3. The molecule has 108 valence electrons. The fourth-order valence-corrected chi connectivity index (χ4v) is 2.87. The quantitative estimate of drug-likeness (QED) is 0.900. The van der Waals surface area contributed by atoms with Crippen molar-refractivity contribution in [2.45, 2.75) is 5.03 Å². The van der Waals surface area contributed by atoms with Gasteiger partial charge in [0.2, 0.25) is 0 Å². The van der Waals surface area contributed by atoms with Crippen LogP contribution >= 0.6 is 0 Å². The number of hydrogen-bond donors (Lipinski definition) is 2. The van der Waals surface area contributed by atoms with E-state index >= 15 is 0 Å². The third-order valence-corrected chi connectivity index (χ3v) is 3.97. The SMILES string of the molecule is CNc1cccnc1S(=O)(=O)Nc1ccc(F)c(C#N)c1. The number of hydrogen-bond acceptors (Lipinski definition) is 5. The number of anilines is 2. The van der Waals surface area contributed by atoms with E-state index in [0.717, 1.165) is 12.1 Å². The Morgan fingerprint density at radius 1 is 1.33 bits per heavy atom. The van der Waals surface area contributed by atoms with E-state index in [1.54, 1.807) is 25.2 Å². The molecule has 1 aromatic heterocycles. The molecule has 0 unspecified atom stereocenters. The Morgan fingerprint density at radius 3 is 2.76 bits per heavy atom. The van der Waals surface area contributed by atoms with Crippen molar-refractivity contribution in [1.82, 2.24) is 4.98 Å². The Hall–Kier alpha value is -2.66. The average molecular weight is 306 g/mol. The summed E-state index contributed by atoms with van der Waals surface area (Å²) in [6.45, 7) is 0. The number of benzene rings is 1. The van der Waals surface area contributed by atoms with Crippen LogP contribution in [0.25, 0.3) is 0 Å². The second-order valence-electron chi connectivity index (χ2n) is 4.02. The Morgan fingerprint density at radius 2 is 2.10 bits per heavy atom. The summed E-state index contributed by atoms with van der Waals surface area (Å²) >= 11 is 0. The highest BCUT2D eigenvalue weighted by molar-refractivity contribution is 7.92. The third-order valence-electron chi connectivity index (χ3n) is 2.63. The van der Waals surface area contributed by atoms with E-state index in [4.69, 9.17) is 5.26 Å². The molecule has 2 rings (SSSR count). The first-order valence-corrected chi connectivity index (χ1v) is 7.31. The van der Waals surface area contributed by atoms with Crippen LogP contribution in [-0.2, 0) is 10.0 Å². The van der Waals surface area contributed by atoms with Crippen molar-refractivity contribution in [3.8, 4) is 6.07 Å². The molecule has 0 atom stereocenters. The van der Waals surface area contributed by atoms with Gasteiger partial charge in [-0.1, -0.05) is 0 Å². The van der Waals surface area contributed by atoms with Crippen LogP contribution in [0.15, 0.2) is 41.6 Å². The maximum absolute atomic E-state index is 13.2. The Kier molecular flexibility index (Phi) is 4.05. The molecule has 0 radical (unpaired) electrons. The second kappa shape index (κ2) is 5.76. The van der Waals surface area contributed by atoms with Gasteiger partial charge in [-0.3, -0.25) is 4.72 Å². The number of halogens is 1. The first-order chi connectivity index (χ1) is 9.97. The van der Waals surface area contributed by atoms with Gasteiger partial charge in [0.15, 0.2) is 5.03 Å². The summed E-state index contributed by atoms with van der Waals surface area (Å²) in [4.78, 5) is 3.83. The maximum Gasteiger partial charge on any atom is 0.281 e. The van der Waals surface area contributed by atoms with E-state index in [0.29, 0.717) is 5.69 Å². The van der Waals surface area contributed by atoms with Crippen LogP contribution in [0, 0.1) is 17.1 Å². The molecule has 8 heteroatoms. The number of sulfonamides is 1. The first-order valence-electron chi connectivity index (χ1n) is 5.83. The van der Waals surface area contributed by atoms with Gasteiger partial charge in [-0.2, -0.15) is 13.7 Å².